The monoisotopic (exact) mass is 319 g/mol. The van der Waals surface area contributed by atoms with E-state index in [-0.39, 0.29) is 11.8 Å². The van der Waals surface area contributed by atoms with Gasteiger partial charge in [0.1, 0.15) is 0 Å². The number of hydrogen-bond donors (Lipinski definition) is 1. The van der Waals surface area contributed by atoms with E-state index >= 15 is 0 Å². The quantitative estimate of drug-likeness (QED) is 0.811. The van der Waals surface area contributed by atoms with E-state index in [1.54, 1.807) is 13.2 Å². The van der Waals surface area contributed by atoms with Crippen LogP contribution in [0.2, 0.25) is 0 Å². The molecule has 1 saturated heterocycles. The lowest BCUT2D eigenvalue weighted by Gasteiger charge is -2.30. The summed E-state index contributed by atoms with van der Waals surface area (Å²) in [5.74, 6) is 0.412. The largest absolute Gasteiger partial charge is 0.385 e. The van der Waals surface area contributed by atoms with Gasteiger partial charge < -0.3 is 15.0 Å². The van der Waals surface area contributed by atoms with Crippen LogP contribution in [0.1, 0.15) is 46.9 Å². The molecule has 0 aliphatic carbocycles. The first-order valence-corrected chi connectivity index (χ1v) is 8.13. The number of piperidine rings is 1. The van der Waals surface area contributed by atoms with Gasteiger partial charge in [0.2, 0.25) is 0 Å². The minimum absolute atomic E-state index is 0.0431. The number of rotatable bonds is 6. The SMILES string of the molecule is COCCCNC(=O)c1cncc(C(=O)N2CCC(C)CC2)c1. The summed E-state index contributed by atoms with van der Waals surface area (Å²) in [6, 6.07) is 1.62. The normalized spacial score (nSPS) is 15.5. The molecule has 1 aliphatic heterocycles. The topological polar surface area (TPSA) is 71.5 Å². The number of amides is 2. The van der Waals surface area contributed by atoms with E-state index in [0.717, 1.165) is 32.4 Å². The average Bonchev–Trinajstić information content (AvgIpc) is 2.59. The van der Waals surface area contributed by atoms with Crippen LogP contribution in [-0.2, 0) is 4.74 Å². The molecule has 1 N–H and O–H groups in total. The van der Waals surface area contributed by atoms with Crippen LogP contribution in [0, 0.1) is 5.92 Å². The number of aromatic nitrogens is 1. The third-order valence-electron chi connectivity index (χ3n) is 4.13. The van der Waals surface area contributed by atoms with E-state index in [1.807, 2.05) is 4.90 Å². The molecule has 6 nitrogen and oxygen atoms in total. The first kappa shape index (κ1) is 17.4. The summed E-state index contributed by atoms with van der Waals surface area (Å²) in [6.07, 6.45) is 5.82. The van der Waals surface area contributed by atoms with Crippen LogP contribution in [0.15, 0.2) is 18.5 Å². The summed E-state index contributed by atoms with van der Waals surface area (Å²) in [5, 5.41) is 2.80. The maximum Gasteiger partial charge on any atom is 0.255 e. The van der Waals surface area contributed by atoms with Crippen LogP contribution >= 0.6 is 0 Å². The van der Waals surface area contributed by atoms with Crippen molar-refractivity contribution in [1.29, 1.82) is 0 Å². The third-order valence-corrected chi connectivity index (χ3v) is 4.13. The van der Waals surface area contributed by atoms with Crippen LogP contribution in [-0.4, -0.2) is 55.0 Å². The van der Waals surface area contributed by atoms with Gasteiger partial charge in [-0.25, -0.2) is 0 Å². The molecule has 2 amide bonds. The standard InChI is InChI=1S/C17H25N3O3/c1-13-4-7-20(8-5-13)17(22)15-10-14(11-18-12-15)16(21)19-6-3-9-23-2/h10-13H,3-9H2,1-2H3,(H,19,21). The van der Waals surface area contributed by atoms with E-state index in [0.29, 0.717) is 30.2 Å². The Kier molecular flexibility index (Phi) is 6.52. The number of likely N-dealkylation sites (tertiary alicyclic amines) is 1. The second-order valence-corrected chi connectivity index (χ2v) is 6.04. The maximum absolute atomic E-state index is 12.5. The van der Waals surface area contributed by atoms with Crippen molar-refractivity contribution in [2.24, 2.45) is 5.92 Å². The van der Waals surface area contributed by atoms with Crippen molar-refractivity contribution >= 4 is 11.8 Å². The van der Waals surface area contributed by atoms with Crippen LogP contribution in [0.5, 0.6) is 0 Å². The molecule has 1 aromatic heterocycles. The molecule has 0 aromatic carbocycles. The Balaban J connectivity index is 1.96. The third kappa shape index (κ3) is 5.03. The molecule has 0 unspecified atom stereocenters. The second-order valence-electron chi connectivity index (χ2n) is 6.04. The fourth-order valence-electron chi connectivity index (χ4n) is 2.60. The van der Waals surface area contributed by atoms with E-state index in [2.05, 4.69) is 17.2 Å². The zero-order valence-corrected chi connectivity index (χ0v) is 13.9. The number of nitrogens with one attached hydrogen (secondary N) is 1. The molecule has 0 radical (unpaired) electrons. The molecular weight excluding hydrogens is 294 g/mol. The summed E-state index contributed by atoms with van der Waals surface area (Å²) in [4.78, 5) is 30.5. The molecule has 1 aliphatic rings. The van der Waals surface area contributed by atoms with Gasteiger partial charge in [0, 0.05) is 45.7 Å². The summed E-state index contributed by atoms with van der Waals surface area (Å²) in [5.41, 5.74) is 0.891. The Labute approximate surface area is 137 Å². The fourth-order valence-corrected chi connectivity index (χ4v) is 2.60. The predicted molar refractivity (Wildman–Crippen MR) is 87.4 cm³/mol. The van der Waals surface area contributed by atoms with Gasteiger partial charge in [-0.15, -0.1) is 0 Å². The van der Waals surface area contributed by atoms with Gasteiger partial charge in [0.15, 0.2) is 0 Å². The van der Waals surface area contributed by atoms with E-state index < -0.39 is 0 Å². The van der Waals surface area contributed by atoms with Crippen molar-refractivity contribution in [1.82, 2.24) is 15.2 Å². The van der Waals surface area contributed by atoms with Gasteiger partial charge >= 0.3 is 0 Å². The van der Waals surface area contributed by atoms with Crippen molar-refractivity contribution in [2.45, 2.75) is 26.2 Å². The van der Waals surface area contributed by atoms with Gasteiger partial charge in [0.05, 0.1) is 11.1 Å². The molecule has 0 spiro atoms. The lowest BCUT2D eigenvalue weighted by atomic mass is 9.98. The molecule has 1 aromatic rings. The molecule has 2 rings (SSSR count). The maximum atomic E-state index is 12.5. The lowest BCUT2D eigenvalue weighted by Crippen LogP contribution is -2.38. The molecule has 0 saturated carbocycles. The molecular formula is C17H25N3O3. The van der Waals surface area contributed by atoms with Gasteiger partial charge in [0.25, 0.3) is 11.8 Å². The Morgan fingerprint density at radius 1 is 1.30 bits per heavy atom. The second kappa shape index (κ2) is 8.62. The van der Waals surface area contributed by atoms with Crippen molar-refractivity contribution in [2.75, 3.05) is 33.4 Å². The van der Waals surface area contributed by atoms with Crippen molar-refractivity contribution in [3.8, 4) is 0 Å². The minimum Gasteiger partial charge on any atom is -0.385 e. The zero-order chi connectivity index (χ0) is 16.7. The highest BCUT2D eigenvalue weighted by Crippen LogP contribution is 2.18. The van der Waals surface area contributed by atoms with Crippen LogP contribution < -0.4 is 5.32 Å². The Hall–Kier alpha value is -1.95. The van der Waals surface area contributed by atoms with Crippen LogP contribution in [0.3, 0.4) is 0 Å². The van der Waals surface area contributed by atoms with E-state index in [4.69, 9.17) is 4.74 Å². The number of carbonyl (C=O) groups is 2. The first-order chi connectivity index (χ1) is 11.1. The average molecular weight is 319 g/mol. The molecule has 23 heavy (non-hydrogen) atoms. The van der Waals surface area contributed by atoms with Gasteiger partial charge in [-0.3, -0.25) is 14.6 Å². The first-order valence-electron chi connectivity index (χ1n) is 8.13. The molecule has 126 valence electrons. The highest BCUT2D eigenvalue weighted by Gasteiger charge is 2.22. The summed E-state index contributed by atoms with van der Waals surface area (Å²) in [6.45, 7) is 4.89. The number of nitrogens with zero attached hydrogens (tertiary/aromatic N) is 2. The summed E-state index contributed by atoms with van der Waals surface area (Å²) < 4.78 is 4.94. The Morgan fingerprint density at radius 3 is 2.70 bits per heavy atom. The van der Waals surface area contributed by atoms with Gasteiger partial charge in [-0.1, -0.05) is 6.92 Å². The van der Waals surface area contributed by atoms with Gasteiger partial charge in [-0.2, -0.15) is 0 Å². The molecule has 6 heteroatoms. The predicted octanol–water partition coefficient (Wildman–Crippen LogP) is 1.72. The minimum atomic E-state index is -0.212. The molecule has 1 fully saturated rings. The number of ether oxygens (including phenoxy) is 1. The summed E-state index contributed by atoms with van der Waals surface area (Å²) in [7, 11) is 1.63. The van der Waals surface area contributed by atoms with E-state index in [1.165, 1.54) is 12.4 Å². The number of methoxy groups -OCH3 is 1. The van der Waals surface area contributed by atoms with Gasteiger partial charge in [-0.05, 0) is 31.2 Å². The fraction of sp³-hybridized carbons (Fsp3) is 0.588. The lowest BCUT2D eigenvalue weighted by molar-refractivity contribution is 0.0697. The number of hydrogen-bond acceptors (Lipinski definition) is 4. The highest BCUT2D eigenvalue weighted by molar-refractivity contribution is 5.99. The molecule has 0 atom stereocenters. The smallest absolute Gasteiger partial charge is 0.255 e. The molecule has 2 heterocycles. The van der Waals surface area contributed by atoms with Crippen molar-refractivity contribution < 1.29 is 14.3 Å². The highest BCUT2D eigenvalue weighted by atomic mass is 16.5. The zero-order valence-electron chi connectivity index (χ0n) is 13.9. The van der Waals surface area contributed by atoms with E-state index in [9.17, 15) is 9.59 Å². The van der Waals surface area contributed by atoms with Crippen molar-refractivity contribution in [3.05, 3.63) is 29.6 Å². The van der Waals surface area contributed by atoms with Crippen LogP contribution in [0.4, 0.5) is 0 Å². The Bertz CT molecular complexity index is 540. The Morgan fingerprint density at radius 2 is 2.00 bits per heavy atom. The summed E-state index contributed by atoms with van der Waals surface area (Å²) >= 11 is 0. The molecule has 0 bridgehead atoms. The number of pyridine rings is 1. The number of carbonyl (C=O) groups excluding carboxylic acids is 2. The van der Waals surface area contributed by atoms with Crippen molar-refractivity contribution in [3.63, 3.8) is 0 Å². The van der Waals surface area contributed by atoms with Crippen LogP contribution in [0.25, 0.3) is 0 Å².